The molecule has 0 atom stereocenters. The van der Waals surface area contributed by atoms with Crippen LogP contribution < -0.4 is 5.73 Å². The molecule has 0 radical (unpaired) electrons. The lowest BCUT2D eigenvalue weighted by Crippen LogP contribution is -2.22. The normalized spacial score (nSPS) is 21.7. The van der Waals surface area contributed by atoms with Crippen LogP contribution in [0.4, 0.5) is 0 Å². The van der Waals surface area contributed by atoms with E-state index >= 15 is 0 Å². The molecule has 2 nitrogen and oxygen atoms in total. The quantitative estimate of drug-likeness (QED) is 0.593. The van der Waals surface area contributed by atoms with Gasteiger partial charge in [-0.3, -0.25) is 0 Å². The van der Waals surface area contributed by atoms with E-state index in [0.717, 1.165) is 23.3 Å². The number of nitriles is 1. The number of rotatable bonds is 0. The molecule has 0 saturated carbocycles. The molecule has 0 amide bonds. The molecule has 0 unspecified atom stereocenters. The minimum atomic E-state index is -0.0856. The van der Waals surface area contributed by atoms with Gasteiger partial charge in [0.2, 0.25) is 0 Å². The van der Waals surface area contributed by atoms with Crippen molar-refractivity contribution in [2.75, 3.05) is 0 Å². The molecule has 0 aliphatic heterocycles. The van der Waals surface area contributed by atoms with Gasteiger partial charge < -0.3 is 5.73 Å². The molecule has 2 N–H and O–H groups in total. The van der Waals surface area contributed by atoms with E-state index in [1.54, 1.807) is 0 Å². The number of hydrogen-bond donors (Lipinski definition) is 1. The van der Waals surface area contributed by atoms with Crippen LogP contribution in [0.2, 0.25) is 0 Å². The molecule has 0 bridgehead atoms. The molecule has 2 heteroatoms. The summed E-state index contributed by atoms with van der Waals surface area (Å²) in [5, 5.41) is 8.91. The van der Waals surface area contributed by atoms with Crippen molar-refractivity contribution in [3.8, 4) is 6.07 Å². The Bertz CT molecular complexity index is 300. The van der Waals surface area contributed by atoms with Crippen LogP contribution in [0.25, 0.3) is 0 Å². The highest BCUT2D eigenvalue weighted by Gasteiger charge is 2.28. The molecule has 0 aromatic heterocycles. The lowest BCUT2D eigenvalue weighted by atomic mass is 9.75. The van der Waals surface area contributed by atoms with E-state index in [-0.39, 0.29) is 5.41 Å². The second-order valence-electron chi connectivity index (χ2n) is 3.95. The topological polar surface area (TPSA) is 49.8 Å². The van der Waals surface area contributed by atoms with Crippen molar-refractivity contribution in [1.29, 1.82) is 5.26 Å². The fourth-order valence-electron chi connectivity index (χ4n) is 1.77. The van der Waals surface area contributed by atoms with Gasteiger partial charge in [0, 0.05) is 16.7 Å². The Balaban J connectivity index is 3.20. The highest BCUT2D eigenvalue weighted by atomic mass is 14.6. The van der Waals surface area contributed by atoms with Crippen molar-refractivity contribution in [2.24, 2.45) is 11.1 Å². The first-order chi connectivity index (χ1) is 5.47. The maximum atomic E-state index is 8.91. The minimum Gasteiger partial charge on any atom is -0.402 e. The Morgan fingerprint density at radius 2 is 2.17 bits per heavy atom. The van der Waals surface area contributed by atoms with Gasteiger partial charge in [-0.1, -0.05) is 13.8 Å². The maximum absolute atomic E-state index is 8.91. The van der Waals surface area contributed by atoms with E-state index in [9.17, 15) is 0 Å². The van der Waals surface area contributed by atoms with Crippen LogP contribution in [-0.2, 0) is 0 Å². The molecule has 0 heterocycles. The molecule has 0 aromatic carbocycles. The molecule has 0 aromatic rings. The molecule has 1 aliphatic rings. The average molecular weight is 162 g/mol. The first kappa shape index (κ1) is 8.86. The summed E-state index contributed by atoms with van der Waals surface area (Å²) in [6.07, 6.45) is 2.68. The number of hydrogen-bond acceptors (Lipinski definition) is 2. The first-order valence-corrected chi connectivity index (χ1v) is 4.05. The van der Waals surface area contributed by atoms with E-state index in [4.69, 9.17) is 11.0 Å². The van der Waals surface area contributed by atoms with Gasteiger partial charge >= 0.3 is 0 Å². The molecule has 0 fully saturated rings. The summed E-state index contributed by atoms with van der Waals surface area (Å²) in [5.41, 5.74) is 8.39. The summed E-state index contributed by atoms with van der Waals surface area (Å²) in [4.78, 5) is 0. The van der Waals surface area contributed by atoms with Crippen LogP contribution >= 0.6 is 0 Å². The van der Waals surface area contributed by atoms with Crippen LogP contribution in [0.15, 0.2) is 22.9 Å². The first-order valence-electron chi connectivity index (χ1n) is 4.05. The van der Waals surface area contributed by atoms with Gasteiger partial charge in [0.1, 0.15) is 0 Å². The molecule has 12 heavy (non-hydrogen) atoms. The predicted molar refractivity (Wildman–Crippen MR) is 49.0 cm³/mol. The van der Waals surface area contributed by atoms with Crippen LogP contribution in [0.3, 0.4) is 0 Å². The molecule has 64 valence electrons. The van der Waals surface area contributed by atoms with E-state index in [1.807, 2.05) is 13.0 Å². The van der Waals surface area contributed by atoms with Gasteiger partial charge in [-0.2, -0.15) is 5.26 Å². The zero-order valence-corrected chi connectivity index (χ0v) is 7.81. The maximum Gasteiger partial charge on any atom is 0.0955 e. The molecule has 1 aliphatic carbocycles. The van der Waals surface area contributed by atoms with Gasteiger partial charge in [-0.05, 0) is 25.0 Å². The average Bonchev–Trinajstić information content (AvgIpc) is 1.82. The zero-order valence-electron chi connectivity index (χ0n) is 7.81. The third-order valence-electron chi connectivity index (χ3n) is 2.23. The Morgan fingerprint density at radius 1 is 1.58 bits per heavy atom. The smallest absolute Gasteiger partial charge is 0.0955 e. The van der Waals surface area contributed by atoms with Crippen LogP contribution in [0.1, 0.15) is 27.2 Å². The third-order valence-corrected chi connectivity index (χ3v) is 2.23. The summed E-state index contributed by atoms with van der Waals surface area (Å²) in [6, 6.07) is 2.24. The van der Waals surface area contributed by atoms with Gasteiger partial charge in [0.15, 0.2) is 0 Å². The van der Waals surface area contributed by atoms with Crippen molar-refractivity contribution >= 4 is 0 Å². The zero-order chi connectivity index (χ0) is 9.35. The van der Waals surface area contributed by atoms with E-state index < -0.39 is 0 Å². The number of nitrogens with two attached hydrogens (primary N) is 1. The molecular weight excluding hydrogens is 148 g/mol. The summed E-state index contributed by atoms with van der Waals surface area (Å²) in [7, 11) is 0. The molecule has 0 spiro atoms. The third kappa shape index (κ3) is 1.35. The fraction of sp³-hybridized carbons (Fsp3) is 0.500. The van der Waals surface area contributed by atoms with Crippen molar-refractivity contribution in [1.82, 2.24) is 0 Å². The fourth-order valence-corrected chi connectivity index (χ4v) is 1.77. The Morgan fingerprint density at radius 3 is 2.58 bits per heavy atom. The largest absolute Gasteiger partial charge is 0.402 e. The highest BCUT2D eigenvalue weighted by Crippen LogP contribution is 2.37. The SMILES string of the molecule is CC1=C(C#N)C(C)(C)CC(N)=C1. The Kier molecular flexibility index (Phi) is 1.97. The number of allylic oxidation sites excluding steroid dienone is 4. The molecular formula is C10H14N2. The molecule has 1 rings (SSSR count). The number of nitrogens with zero attached hydrogens (tertiary/aromatic N) is 1. The van der Waals surface area contributed by atoms with Crippen molar-refractivity contribution in [3.05, 3.63) is 22.9 Å². The lowest BCUT2D eigenvalue weighted by molar-refractivity contribution is 0.443. The predicted octanol–water partition coefficient (Wildman–Crippen LogP) is 2.10. The van der Waals surface area contributed by atoms with Gasteiger partial charge in [0.25, 0.3) is 0 Å². The van der Waals surface area contributed by atoms with Crippen molar-refractivity contribution in [2.45, 2.75) is 27.2 Å². The second-order valence-corrected chi connectivity index (χ2v) is 3.95. The van der Waals surface area contributed by atoms with Crippen LogP contribution in [0, 0.1) is 16.7 Å². The van der Waals surface area contributed by atoms with E-state index in [1.165, 1.54) is 0 Å². The Labute approximate surface area is 73.4 Å². The second kappa shape index (κ2) is 2.67. The Hall–Kier alpha value is -1.23. The summed E-state index contributed by atoms with van der Waals surface area (Å²) in [5.74, 6) is 0. The van der Waals surface area contributed by atoms with Crippen molar-refractivity contribution < 1.29 is 0 Å². The monoisotopic (exact) mass is 162 g/mol. The summed E-state index contributed by atoms with van der Waals surface area (Å²) >= 11 is 0. The van der Waals surface area contributed by atoms with E-state index in [0.29, 0.717) is 0 Å². The lowest BCUT2D eigenvalue weighted by Gasteiger charge is -2.28. The van der Waals surface area contributed by atoms with E-state index in [2.05, 4.69) is 19.9 Å². The van der Waals surface area contributed by atoms with Crippen LogP contribution in [0.5, 0.6) is 0 Å². The minimum absolute atomic E-state index is 0.0856. The summed E-state index contributed by atoms with van der Waals surface area (Å²) < 4.78 is 0. The van der Waals surface area contributed by atoms with Gasteiger partial charge in [-0.25, -0.2) is 0 Å². The summed E-state index contributed by atoms with van der Waals surface area (Å²) in [6.45, 7) is 6.04. The van der Waals surface area contributed by atoms with Crippen molar-refractivity contribution in [3.63, 3.8) is 0 Å². The standard InChI is InChI=1S/C10H14N2/c1-7-4-8(12)5-10(2,3)9(7)6-11/h4H,5,12H2,1-3H3. The van der Waals surface area contributed by atoms with Crippen LogP contribution in [-0.4, -0.2) is 0 Å². The van der Waals surface area contributed by atoms with Gasteiger partial charge in [-0.15, -0.1) is 0 Å². The van der Waals surface area contributed by atoms with Gasteiger partial charge in [0.05, 0.1) is 6.07 Å². The highest BCUT2D eigenvalue weighted by molar-refractivity contribution is 5.43. The molecule has 0 saturated heterocycles.